The fourth-order valence-electron chi connectivity index (χ4n) is 3.56. The average molecular weight is 436 g/mol. The molecule has 2 N–H and O–H groups in total. The van der Waals surface area contributed by atoms with Crippen LogP contribution in [-0.2, 0) is 10.0 Å². The standard InChI is InChI=1S/C23H21N3O4S/c1-14-9-16(13-22(25-14)30-2)23(27)17-10-15(11-18(12-17)26-31(3,28)29)19-5-4-6-21-20(19)7-8-24-21/h4-13,24,26H,1-3H3. The van der Waals surface area contributed by atoms with Gasteiger partial charge in [0.1, 0.15) is 0 Å². The van der Waals surface area contributed by atoms with Crippen LogP contribution in [0.5, 0.6) is 5.88 Å². The Labute approximate surface area is 180 Å². The van der Waals surface area contributed by atoms with Gasteiger partial charge in [0.2, 0.25) is 15.9 Å². The number of benzene rings is 2. The van der Waals surface area contributed by atoms with E-state index in [9.17, 15) is 13.2 Å². The lowest BCUT2D eigenvalue weighted by atomic mass is 9.96. The number of aryl methyl sites for hydroxylation is 1. The number of hydrogen-bond donors (Lipinski definition) is 2. The average Bonchev–Trinajstić information content (AvgIpc) is 3.20. The first kappa shape index (κ1) is 20.6. The van der Waals surface area contributed by atoms with E-state index in [1.54, 1.807) is 31.2 Å². The summed E-state index contributed by atoms with van der Waals surface area (Å²) in [6.07, 6.45) is 2.91. The van der Waals surface area contributed by atoms with Crippen molar-refractivity contribution in [2.45, 2.75) is 6.92 Å². The number of aromatic amines is 1. The van der Waals surface area contributed by atoms with Crippen molar-refractivity contribution < 1.29 is 17.9 Å². The first-order valence-corrected chi connectivity index (χ1v) is 11.4. The number of rotatable bonds is 6. The van der Waals surface area contributed by atoms with Crippen molar-refractivity contribution in [3.05, 3.63) is 77.6 Å². The number of methoxy groups -OCH3 is 1. The summed E-state index contributed by atoms with van der Waals surface area (Å²) in [7, 11) is -2.04. The molecular formula is C23H21N3O4S. The van der Waals surface area contributed by atoms with Crippen LogP contribution >= 0.6 is 0 Å². The van der Waals surface area contributed by atoms with E-state index in [1.807, 2.05) is 30.5 Å². The number of carbonyl (C=O) groups is 1. The summed E-state index contributed by atoms with van der Waals surface area (Å²) in [4.78, 5) is 20.7. The Morgan fingerprint density at radius 2 is 1.84 bits per heavy atom. The maximum atomic E-state index is 13.3. The lowest BCUT2D eigenvalue weighted by molar-refractivity contribution is 0.103. The molecule has 4 rings (SSSR count). The third kappa shape index (κ3) is 4.44. The number of H-pyrrole nitrogens is 1. The Hall–Kier alpha value is -3.65. The molecule has 31 heavy (non-hydrogen) atoms. The number of nitrogens with one attached hydrogen (secondary N) is 2. The lowest BCUT2D eigenvalue weighted by Crippen LogP contribution is -2.11. The van der Waals surface area contributed by atoms with Gasteiger partial charge in [-0.05, 0) is 54.4 Å². The van der Waals surface area contributed by atoms with Gasteiger partial charge in [0.15, 0.2) is 5.78 Å². The molecule has 0 bridgehead atoms. The van der Waals surface area contributed by atoms with Gasteiger partial charge in [-0.3, -0.25) is 9.52 Å². The monoisotopic (exact) mass is 435 g/mol. The van der Waals surface area contributed by atoms with E-state index in [4.69, 9.17) is 4.74 Å². The quantitative estimate of drug-likeness (QED) is 0.443. The van der Waals surface area contributed by atoms with Crippen molar-refractivity contribution in [3.8, 4) is 17.0 Å². The van der Waals surface area contributed by atoms with Crippen LogP contribution in [0.15, 0.2) is 60.8 Å². The summed E-state index contributed by atoms with van der Waals surface area (Å²) in [5.41, 5.74) is 4.27. The molecule has 0 aliphatic rings. The number of fused-ring (bicyclic) bond motifs is 1. The maximum absolute atomic E-state index is 13.3. The molecule has 0 aliphatic carbocycles. The van der Waals surface area contributed by atoms with Gasteiger partial charge in [0, 0.05) is 45.7 Å². The van der Waals surface area contributed by atoms with E-state index >= 15 is 0 Å². The van der Waals surface area contributed by atoms with Gasteiger partial charge >= 0.3 is 0 Å². The number of carbonyl (C=O) groups excluding carboxylic acids is 1. The van der Waals surface area contributed by atoms with Crippen LogP contribution in [0.4, 0.5) is 5.69 Å². The normalized spacial score (nSPS) is 11.5. The van der Waals surface area contributed by atoms with E-state index in [2.05, 4.69) is 14.7 Å². The summed E-state index contributed by atoms with van der Waals surface area (Å²) in [6, 6.07) is 16.0. The van der Waals surface area contributed by atoms with Crippen LogP contribution < -0.4 is 9.46 Å². The molecule has 0 unspecified atom stereocenters. The fraction of sp³-hybridized carbons (Fsp3) is 0.130. The van der Waals surface area contributed by atoms with Crippen molar-refractivity contribution in [2.75, 3.05) is 18.1 Å². The van der Waals surface area contributed by atoms with E-state index in [1.165, 1.54) is 13.2 Å². The second-order valence-electron chi connectivity index (χ2n) is 7.29. The van der Waals surface area contributed by atoms with Gasteiger partial charge in [-0.1, -0.05) is 12.1 Å². The van der Waals surface area contributed by atoms with Crippen LogP contribution in [-0.4, -0.2) is 37.5 Å². The molecule has 8 heteroatoms. The number of sulfonamides is 1. The fourth-order valence-corrected chi connectivity index (χ4v) is 4.11. The molecule has 0 aliphatic heterocycles. The molecule has 0 saturated heterocycles. The maximum Gasteiger partial charge on any atom is 0.229 e. The topological polar surface area (TPSA) is 101 Å². The first-order chi connectivity index (χ1) is 14.7. The number of nitrogens with zero attached hydrogens (tertiary/aromatic N) is 1. The molecule has 0 atom stereocenters. The number of hydrogen-bond acceptors (Lipinski definition) is 5. The summed E-state index contributed by atoms with van der Waals surface area (Å²) < 4.78 is 31.4. The number of anilines is 1. The Kier molecular flexibility index (Phi) is 5.24. The predicted molar refractivity (Wildman–Crippen MR) is 121 cm³/mol. The van der Waals surface area contributed by atoms with E-state index in [-0.39, 0.29) is 5.78 Å². The predicted octanol–water partition coefficient (Wildman–Crippen LogP) is 4.15. The molecule has 0 radical (unpaired) electrons. The molecule has 7 nitrogen and oxygen atoms in total. The van der Waals surface area contributed by atoms with Crippen LogP contribution in [0.1, 0.15) is 21.6 Å². The lowest BCUT2D eigenvalue weighted by Gasteiger charge is -2.12. The molecule has 2 aromatic heterocycles. The zero-order valence-electron chi connectivity index (χ0n) is 17.3. The minimum absolute atomic E-state index is 0.261. The molecule has 158 valence electrons. The zero-order chi connectivity index (χ0) is 22.2. The number of ketones is 1. The molecule has 0 amide bonds. The third-order valence-corrected chi connectivity index (χ3v) is 5.41. The summed E-state index contributed by atoms with van der Waals surface area (Å²) >= 11 is 0. The van der Waals surface area contributed by atoms with Crippen molar-refractivity contribution in [2.24, 2.45) is 0 Å². The van der Waals surface area contributed by atoms with Crippen LogP contribution in [0.2, 0.25) is 0 Å². The number of aromatic nitrogens is 2. The van der Waals surface area contributed by atoms with Crippen molar-refractivity contribution in [3.63, 3.8) is 0 Å². The van der Waals surface area contributed by atoms with Gasteiger partial charge < -0.3 is 9.72 Å². The van der Waals surface area contributed by atoms with Crippen molar-refractivity contribution >= 4 is 32.4 Å². The van der Waals surface area contributed by atoms with Crippen molar-refractivity contribution in [1.82, 2.24) is 9.97 Å². The van der Waals surface area contributed by atoms with Gasteiger partial charge in [0.05, 0.1) is 13.4 Å². The molecule has 2 aromatic carbocycles. The Bertz CT molecular complexity index is 1410. The minimum atomic E-state index is -3.53. The van der Waals surface area contributed by atoms with E-state index < -0.39 is 10.0 Å². The molecule has 0 fully saturated rings. The zero-order valence-corrected chi connectivity index (χ0v) is 18.1. The van der Waals surface area contributed by atoms with E-state index in [0.29, 0.717) is 28.4 Å². The smallest absolute Gasteiger partial charge is 0.229 e. The van der Waals surface area contributed by atoms with Crippen molar-refractivity contribution in [1.29, 1.82) is 0 Å². The molecule has 2 heterocycles. The highest BCUT2D eigenvalue weighted by Gasteiger charge is 2.16. The highest BCUT2D eigenvalue weighted by molar-refractivity contribution is 7.92. The summed E-state index contributed by atoms with van der Waals surface area (Å²) in [6.45, 7) is 1.78. The summed E-state index contributed by atoms with van der Waals surface area (Å²) in [5.74, 6) is 0.0783. The molecule has 0 saturated carbocycles. The highest BCUT2D eigenvalue weighted by Crippen LogP contribution is 2.32. The molecular weight excluding hydrogens is 414 g/mol. The Morgan fingerprint density at radius 3 is 2.58 bits per heavy atom. The summed E-state index contributed by atoms with van der Waals surface area (Å²) in [5, 5.41) is 0.971. The minimum Gasteiger partial charge on any atom is -0.481 e. The van der Waals surface area contributed by atoms with Crippen LogP contribution in [0, 0.1) is 6.92 Å². The number of ether oxygens (including phenoxy) is 1. The third-order valence-electron chi connectivity index (χ3n) is 4.81. The van der Waals surface area contributed by atoms with Crippen LogP contribution in [0.3, 0.4) is 0 Å². The second kappa shape index (κ2) is 7.88. The largest absolute Gasteiger partial charge is 0.481 e. The second-order valence-corrected chi connectivity index (χ2v) is 9.03. The number of pyridine rings is 1. The van der Waals surface area contributed by atoms with Gasteiger partial charge in [-0.15, -0.1) is 0 Å². The van der Waals surface area contributed by atoms with Gasteiger partial charge in [-0.2, -0.15) is 0 Å². The van der Waals surface area contributed by atoms with E-state index in [0.717, 1.165) is 28.3 Å². The highest BCUT2D eigenvalue weighted by atomic mass is 32.2. The van der Waals surface area contributed by atoms with Gasteiger partial charge in [-0.25, -0.2) is 13.4 Å². The Balaban J connectivity index is 1.89. The molecule has 0 spiro atoms. The first-order valence-electron chi connectivity index (χ1n) is 9.50. The Morgan fingerprint density at radius 1 is 1.06 bits per heavy atom. The van der Waals surface area contributed by atoms with Crippen LogP contribution in [0.25, 0.3) is 22.0 Å². The van der Waals surface area contributed by atoms with Gasteiger partial charge in [0.25, 0.3) is 0 Å². The molecule has 4 aromatic rings. The SMILES string of the molecule is COc1cc(C(=O)c2cc(NS(C)(=O)=O)cc(-c3cccc4[nH]ccc34)c2)cc(C)n1.